The molecule has 0 amide bonds. The highest BCUT2D eigenvalue weighted by atomic mass is 32.1. The molecule has 10 aromatic carbocycles. The molecule has 0 N–H and O–H groups in total. The number of aromatic nitrogens is 3. The number of para-hydroxylation sites is 2. The zero-order valence-electron chi connectivity index (χ0n) is 36.8. The van der Waals surface area contributed by atoms with Crippen molar-refractivity contribution in [1.29, 1.82) is 0 Å². The first-order valence-electron chi connectivity index (χ1n) is 23.2. The molecule has 5 heteroatoms. The van der Waals surface area contributed by atoms with Crippen LogP contribution in [-0.4, -0.2) is 14.5 Å². The molecule has 68 heavy (non-hydrogen) atoms. The number of thiophene rings is 1. The lowest BCUT2D eigenvalue weighted by atomic mass is 9.84. The molecule has 0 aliphatic heterocycles. The van der Waals surface area contributed by atoms with Crippen molar-refractivity contribution < 1.29 is 0 Å². The van der Waals surface area contributed by atoms with Crippen LogP contribution >= 0.6 is 11.3 Å². The monoisotopic (exact) mass is 884 g/mol. The zero-order valence-corrected chi connectivity index (χ0v) is 37.6. The number of rotatable bonds is 7. The van der Waals surface area contributed by atoms with Gasteiger partial charge in [0.1, 0.15) is 16.0 Å². The lowest BCUT2D eigenvalue weighted by Gasteiger charge is -2.30. The predicted octanol–water partition coefficient (Wildman–Crippen LogP) is 17.1. The molecule has 0 saturated heterocycles. The molecule has 0 bridgehead atoms. The summed E-state index contributed by atoms with van der Waals surface area (Å²) in [5.74, 6) is 0.821. The van der Waals surface area contributed by atoms with Crippen molar-refractivity contribution in [3.05, 3.63) is 253 Å². The van der Waals surface area contributed by atoms with Crippen molar-refractivity contribution in [2.75, 3.05) is 4.90 Å². The van der Waals surface area contributed by atoms with Crippen LogP contribution in [0.2, 0.25) is 0 Å². The Bertz CT molecular complexity index is 4110. The van der Waals surface area contributed by atoms with E-state index in [-0.39, 0.29) is 5.92 Å². The molecule has 1 aliphatic carbocycles. The summed E-state index contributed by atoms with van der Waals surface area (Å²) in [5.41, 5.74) is 16.9. The van der Waals surface area contributed by atoms with E-state index in [4.69, 9.17) is 9.97 Å². The van der Waals surface area contributed by atoms with Gasteiger partial charge >= 0.3 is 0 Å². The fourth-order valence-corrected chi connectivity index (χ4v) is 12.0. The second-order valence-corrected chi connectivity index (χ2v) is 18.7. The summed E-state index contributed by atoms with van der Waals surface area (Å²) in [4.78, 5) is 14.8. The summed E-state index contributed by atoms with van der Waals surface area (Å²) in [6, 6.07) is 85.9. The van der Waals surface area contributed by atoms with E-state index in [0.29, 0.717) is 0 Å². The minimum atomic E-state index is 0.0525. The van der Waals surface area contributed by atoms with Crippen molar-refractivity contribution in [2.24, 2.45) is 0 Å². The van der Waals surface area contributed by atoms with E-state index >= 15 is 0 Å². The van der Waals surface area contributed by atoms with Crippen LogP contribution < -0.4 is 4.90 Å². The fraction of sp³-hybridized carbons (Fsp3) is 0.0159. The summed E-state index contributed by atoms with van der Waals surface area (Å²) in [5, 5.41) is 5.81. The van der Waals surface area contributed by atoms with Crippen LogP contribution in [0.3, 0.4) is 0 Å². The Balaban J connectivity index is 1.11. The normalized spacial score (nSPS) is 13.1. The Morgan fingerprint density at radius 3 is 1.96 bits per heavy atom. The molecule has 13 aromatic rings. The van der Waals surface area contributed by atoms with Gasteiger partial charge in [-0.15, -0.1) is 11.3 Å². The van der Waals surface area contributed by atoms with Gasteiger partial charge < -0.3 is 4.57 Å². The van der Waals surface area contributed by atoms with E-state index in [9.17, 15) is 0 Å². The van der Waals surface area contributed by atoms with Crippen LogP contribution in [0, 0.1) is 0 Å². The van der Waals surface area contributed by atoms with Gasteiger partial charge in [-0.3, -0.25) is 4.90 Å². The standard InChI is InChI=1S/C63H40N4S/c1-3-20-41(21-4-1)57-47-27-10-9-25-45(47)48-30-17-31-49(58(48)57)46-26-11-14-32-52(46)67(62-60(42-22-5-2-6-23-42)65-63-61(64-62)51-29-13-16-36-56(51)68-63)55-35-18-34-54-59(55)50-28-12-15-33-53(50)66(54)44-38-37-40-19-7-8-24-43(40)39-44/h1-39,57H. The summed E-state index contributed by atoms with van der Waals surface area (Å²) < 4.78 is 3.59. The molecule has 0 fully saturated rings. The number of fused-ring (bicyclic) bond motifs is 10. The molecule has 1 aliphatic rings. The van der Waals surface area contributed by atoms with Gasteiger partial charge in [-0.05, 0) is 86.6 Å². The first kappa shape index (κ1) is 38.6. The number of benzene rings is 10. The van der Waals surface area contributed by atoms with E-state index < -0.39 is 0 Å². The third-order valence-electron chi connectivity index (χ3n) is 13.9. The van der Waals surface area contributed by atoms with Gasteiger partial charge in [0.15, 0.2) is 5.82 Å². The van der Waals surface area contributed by atoms with E-state index in [1.807, 2.05) is 0 Å². The second-order valence-electron chi connectivity index (χ2n) is 17.6. The highest BCUT2D eigenvalue weighted by molar-refractivity contribution is 7.25. The number of hydrogen-bond donors (Lipinski definition) is 0. The minimum Gasteiger partial charge on any atom is -0.309 e. The molecule has 1 atom stereocenters. The Labute approximate surface area is 397 Å². The first-order chi connectivity index (χ1) is 33.8. The quantitative estimate of drug-likeness (QED) is 0.160. The third-order valence-corrected chi connectivity index (χ3v) is 14.9. The maximum Gasteiger partial charge on any atom is 0.165 e. The molecule has 0 radical (unpaired) electrons. The number of anilines is 3. The van der Waals surface area contributed by atoms with Gasteiger partial charge in [-0.2, -0.15) is 0 Å². The van der Waals surface area contributed by atoms with Crippen LogP contribution in [-0.2, 0) is 0 Å². The van der Waals surface area contributed by atoms with Gasteiger partial charge in [-0.1, -0.05) is 194 Å². The molecule has 318 valence electrons. The second kappa shape index (κ2) is 15.5. The molecule has 3 heterocycles. The average molecular weight is 885 g/mol. The molecule has 0 spiro atoms. The van der Waals surface area contributed by atoms with Crippen LogP contribution in [0.5, 0.6) is 0 Å². The summed E-state index contributed by atoms with van der Waals surface area (Å²) in [7, 11) is 0. The molecule has 1 unspecified atom stereocenters. The average Bonchev–Trinajstić information content (AvgIpc) is 4.07. The van der Waals surface area contributed by atoms with Gasteiger partial charge in [0, 0.05) is 43.6 Å². The highest BCUT2D eigenvalue weighted by Crippen LogP contribution is 2.55. The third kappa shape index (κ3) is 5.93. The molecule has 0 saturated carbocycles. The Kier molecular flexibility index (Phi) is 8.79. The molecule has 4 nitrogen and oxygen atoms in total. The summed E-state index contributed by atoms with van der Waals surface area (Å²) in [6.45, 7) is 0. The van der Waals surface area contributed by atoms with Crippen molar-refractivity contribution in [2.45, 2.75) is 5.92 Å². The van der Waals surface area contributed by atoms with Crippen molar-refractivity contribution in [3.8, 4) is 39.2 Å². The van der Waals surface area contributed by atoms with Crippen molar-refractivity contribution in [1.82, 2.24) is 14.5 Å². The van der Waals surface area contributed by atoms with Crippen LogP contribution in [0.15, 0.2) is 237 Å². The van der Waals surface area contributed by atoms with E-state index in [0.717, 1.165) is 81.9 Å². The molecular formula is C63H40N4S. The lowest BCUT2D eigenvalue weighted by Crippen LogP contribution is -2.15. The minimum absolute atomic E-state index is 0.0525. The topological polar surface area (TPSA) is 34.0 Å². The van der Waals surface area contributed by atoms with Crippen LogP contribution in [0.25, 0.3) is 92.2 Å². The van der Waals surface area contributed by atoms with Crippen LogP contribution in [0.4, 0.5) is 17.2 Å². The number of nitrogens with zero attached hydrogens (tertiary/aromatic N) is 4. The Morgan fingerprint density at radius 1 is 0.456 bits per heavy atom. The van der Waals surface area contributed by atoms with Gasteiger partial charge in [0.2, 0.25) is 0 Å². The maximum absolute atomic E-state index is 5.85. The molecular weight excluding hydrogens is 845 g/mol. The summed E-state index contributed by atoms with van der Waals surface area (Å²) >= 11 is 1.70. The van der Waals surface area contributed by atoms with E-state index in [1.165, 1.54) is 44.2 Å². The zero-order chi connectivity index (χ0) is 44.7. The summed E-state index contributed by atoms with van der Waals surface area (Å²) in [6.07, 6.45) is 0. The SMILES string of the molecule is c1ccc(-c2nc3sc4ccccc4c3nc2N(c2ccccc2-c2cccc3c2C(c2ccccc2)c2ccccc2-3)c2cccc3c2c2ccccc2n3-c2ccc3ccccc3c2)cc1. The highest BCUT2D eigenvalue weighted by Gasteiger charge is 2.34. The van der Waals surface area contributed by atoms with Crippen LogP contribution in [0.1, 0.15) is 22.6 Å². The van der Waals surface area contributed by atoms with Gasteiger partial charge in [0.05, 0.1) is 22.4 Å². The molecule has 3 aromatic heterocycles. The first-order valence-corrected chi connectivity index (χ1v) is 24.0. The van der Waals surface area contributed by atoms with Gasteiger partial charge in [-0.25, -0.2) is 9.97 Å². The molecule has 14 rings (SSSR count). The van der Waals surface area contributed by atoms with Gasteiger partial charge in [0.25, 0.3) is 0 Å². The largest absolute Gasteiger partial charge is 0.309 e. The fourth-order valence-electron chi connectivity index (χ4n) is 11.0. The van der Waals surface area contributed by atoms with Crippen molar-refractivity contribution in [3.63, 3.8) is 0 Å². The van der Waals surface area contributed by atoms with E-state index in [1.54, 1.807) is 11.3 Å². The smallest absolute Gasteiger partial charge is 0.165 e. The Morgan fingerprint density at radius 2 is 1.09 bits per heavy atom. The van der Waals surface area contributed by atoms with E-state index in [2.05, 4.69) is 246 Å². The predicted molar refractivity (Wildman–Crippen MR) is 285 cm³/mol. The maximum atomic E-state index is 5.85. The number of hydrogen-bond acceptors (Lipinski definition) is 4. The lowest BCUT2D eigenvalue weighted by molar-refractivity contribution is 1.02. The van der Waals surface area contributed by atoms with Crippen molar-refractivity contribution >= 4 is 81.5 Å². The Hall–Kier alpha value is -8.64.